The van der Waals surface area contributed by atoms with Crippen LogP contribution < -0.4 is 9.47 Å². The zero-order chi connectivity index (χ0) is 19.1. The molecule has 2 saturated heterocycles. The molecule has 1 atom stereocenters. The van der Waals surface area contributed by atoms with Crippen LogP contribution in [0.1, 0.15) is 12.8 Å². The molecule has 4 rings (SSSR count). The smallest absolute Gasteiger partial charge is 0.243 e. The summed E-state index contributed by atoms with van der Waals surface area (Å²) in [4.78, 5) is 2.30. The minimum atomic E-state index is -3.62. The van der Waals surface area contributed by atoms with E-state index in [4.69, 9.17) is 9.47 Å². The van der Waals surface area contributed by atoms with Gasteiger partial charge in [0.2, 0.25) is 10.0 Å². The predicted octanol–water partition coefficient (Wildman–Crippen LogP) is 0.341. The molecular formula is C17H24N2O6S2. The van der Waals surface area contributed by atoms with Gasteiger partial charge in [-0.15, -0.1) is 0 Å². The quantitative estimate of drug-likeness (QED) is 0.701. The van der Waals surface area contributed by atoms with Crippen LogP contribution in [0.15, 0.2) is 23.1 Å². The van der Waals surface area contributed by atoms with E-state index in [1.54, 1.807) is 12.1 Å². The number of sulfonamides is 1. The molecule has 1 aromatic carbocycles. The second kappa shape index (κ2) is 7.23. The summed E-state index contributed by atoms with van der Waals surface area (Å²) in [6.45, 7) is 2.85. The van der Waals surface area contributed by atoms with Crippen LogP contribution >= 0.6 is 0 Å². The molecule has 27 heavy (non-hydrogen) atoms. The Balaban J connectivity index is 1.45. The average molecular weight is 417 g/mol. The van der Waals surface area contributed by atoms with Crippen molar-refractivity contribution in [2.24, 2.45) is 0 Å². The molecule has 3 aliphatic heterocycles. The Labute approximate surface area is 160 Å². The molecule has 8 nitrogen and oxygen atoms in total. The molecule has 0 aliphatic carbocycles. The van der Waals surface area contributed by atoms with Gasteiger partial charge in [-0.1, -0.05) is 0 Å². The third-order valence-corrected chi connectivity index (χ3v) is 9.00. The first-order chi connectivity index (χ1) is 12.9. The van der Waals surface area contributed by atoms with E-state index in [0.717, 1.165) is 6.42 Å². The van der Waals surface area contributed by atoms with Gasteiger partial charge in [-0.05, 0) is 18.6 Å². The van der Waals surface area contributed by atoms with E-state index in [0.29, 0.717) is 57.3 Å². The molecular weight excluding hydrogens is 392 g/mol. The van der Waals surface area contributed by atoms with Gasteiger partial charge in [0, 0.05) is 44.7 Å². The van der Waals surface area contributed by atoms with Gasteiger partial charge in [-0.2, -0.15) is 4.31 Å². The third kappa shape index (κ3) is 3.94. The van der Waals surface area contributed by atoms with E-state index in [1.165, 1.54) is 10.4 Å². The van der Waals surface area contributed by atoms with E-state index in [9.17, 15) is 16.8 Å². The van der Waals surface area contributed by atoms with Crippen LogP contribution in [0.3, 0.4) is 0 Å². The third-order valence-electron chi connectivity index (χ3n) is 5.35. The van der Waals surface area contributed by atoms with E-state index in [2.05, 4.69) is 4.90 Å². The molecule has 0 amide bonds. The summed E-state index contributed by atoms with van der Waals surface area (Å²) in [5.74, 6) is 1.44. The van der Waals surface area contributed by atoms with Crippen LogP contribution in [0.2, 0.25) is 0 Å². The maximum Gasteiger partial charge on any atom is 0.243 e. The van der Waals surface area contributed by atoms with Gasteiger partial charge in [-0.3, -0.25) is 4.90 Å². The standard InChI is InChI=1S/C17H24N2O6S2/c20-26(21)11-4-14(13-26)18-5-7-19(8-6-18)27(22,23)15-2-3-16-17(12-15)25-10-1-9-24-16/h2-3,12,14H,1,4-11,13H2/t14-/m1/s1. The molecule has 1 aromatic rings. The highest BCUT2D eigenvalue weighted by molar-refractivity contribution is 7.91. The van der Waals surface area contributed by atoms with Crippen molar-refractivity contribution >= 4 is 19.9 Å². The van der Waals surface area contributed by atoms with Gasteiger partial charge in [0.15, 0.2) is 21.3 Å². The lowest BCUT2D eigenvalue weighted by molar-refractivity contribution is 0.148. The largest absolute Gasteiger partial charge is 0.490 e. The molecule has 150 valence electrons. The van der Waals surface area contributed by atoms with Crippen molar-refractivity contribution in [1.82, 2.24) is 9.21 Å². The summed E-state index contributed by atoms with van der Waals surface area (Å²) in [5.41, 5.74) is 0. The van der Waals surface area contributed by atoms with Gasteiger partial charge in [-0.25, -0.2) is 16.8 Å². The minimum absolute atomic E-state index is 0.0119. The fourth-order valence-corrected chi connectivity index (χ4v) is 7.03. The maximum absolute atomic E-state index is 13.0. The molecule has 0 aromatic heterocycles. The van der Waals surface area contributed by atoms with Gasteiger partial charge < -0.3 is 9.47 Å². The number of nitrogens with zero attached hydrogens (tertiary/aromatic N) is 2. The van der Waals surface area contributed by atoms with E-state index >= 15 is 0 Å². The number of rotatable bonds is 3. The summed E-state index contributed by atoms with van der Waals surface area (Å²) < 4.78 is 62.0. The first kappa shape index (κ1) is 19.0. The fourth-order valence-electron chi connectivity index (χ4n) is 3.83. The average Bonchev–Trinajstić information content (AvgIpc) is 2.87. The van der Waals surface area contributed by atoms with Crippen molar-refractivity contribution in [3.63, 3.8) is 0 Å². The van der Waals surface area contributed by atoms with Crippen LogP contribution in [-0.2, 0) is 19.9 Å². The minimum Gasteiger partial charge on any atom is -0.490 e. The number of hydrogen-bond acceptors (Lipinski definition) is 7. The maximum atomic E-state index is 13.0. The van der Waals surface area contributed by atoms with Crippen molar-refractivity contribution in [2.45, 2.75) is 23.8 Å². The summed E-state index contributed by atoms with van der Waals surface area (Å²) >= 11 is 0. The van der Waals surface area contributed by atoms with Crippen molar-refractivity contribution in [2.75, 3.05) is 50.9 Å². The molecule has 10 heteroatoms. The van der Waals surface area contributed by atoms with Crippen LogP contribution in [0.25, 0.3) is 0 Å². The highest BCUT2D eigenvalue weighted by atomic mass is 32.2. The van der Waals surface area contributed by atoms with Crippen molar-refractivity contribution in [3.8, 4) is 11.5 Å². The number of fused-ring (bicyclic) bond motifs is 1. The fraction of sp³-hybridized carbons (Fsp3) is 0.647. The monoisotopic (exact) mass is 416 g/mol. The number of sulfone groups is 1. The van der Waals surface area contributed by atoms with E-state index in [1.807, 2.05) is 0 Å². The molecule has 0 unspecified atom stereocenters. The molecule has 0 spiro atoms. The van der Waals surface area contributed by atoms with Crippen LogP contribution in [0.5, 0.6) is 11.5 Å². The van der Waals surface area contributed by atoms with Crippen LogP contribution in [0.4, 0.5) is 0 Å². The Kier molecular flexibility index (Phi) is 5.08. The first-order valence-corrected chi connectivity index (χ1v) is 12.5. The van der Waals surface area contributed by atoms with Crippen molar-refractivity contribution in [1.29, 1.82) is 0 Å². The zero-order valence-corrected chi connectivity index (χ0v) is 16.7. The van der Waals surface area contributed by atoms with Gasteiger partial charge in [0.1, 0.15) is 0 Å². The highest BCUT2D eigenvalue weighted by Gasteiger charge is 2.36. The Morgan fingerprint density at radius 3 is 2.37 bits per heavy atom. The lowest BCUT2D eigenvalue weighted by Crippen LogP contribution is -2.52. The topological polar surface area (TPSA) is 93.2 Å². The number of benzene rings is 1. The number of ether oxygens (including phenoxy) is 2. The first-order valence-electron chi connectivity index (χ1n) is 9.19. The molecule has 0 bridgehead atoms. The zero-order valence-electron chi connectivity index (χ0n) is 15.0. The molecule has 0 N–H and O–H groups in total. The molecule has 2 fully saturated rings. The van der Waals surface area contributed by atoms with Crippen molar-refractivity contribution in [3.05, 3.63) is 18.2 Å². The molecule has 3 heterocycles. The predicted molar refractivity (Wildman–Crippen MR) is 99.4 cm³/mol. The summed E-state index contributed by atoms with van der Waals surface area (Å²) in [6, 6.07) is 4.75. The Bertz CT molecular complexity index is 907. The molecule has 3 aliphatic rings. The second-order valence-electron chi connectivity index (χ2n) is 7.16. The summed E-state index contributed by atoms with van der Waals surface area (Å²) in [5, 5.41) is 0. The Hall–Kier alpha value is -1.36. The van der Waals surface area contributed by atoms with Gasteiger partial charge in [0.25, 0.3) is 0 Å². The van der Waals surface area contributed by atoms with Crippen molar-refractivity contribution < 1.29 is 26.3 Å². The summed E-state index contributed by atoms with van der Waals surface area (Å²) in [6.07, 6.45) is 1.40. The van der Waals surface area contributed by atoms with E-state index < -0.39 is 19.9 Å². The van der Waals surface area contributed by atoms with Crippen LogP contribution in [-0.4, -0.2) is 83.0 Å². The highest BCUT2D eigenvalue weighted by Crippen LogP contribution is 2.33. The lowest BCUT2D eigenvalue weighted by atomic mass is 10.2. The second-order valence-corrected chi connectivity index (χ2v) is 11.3. The van der Waals surface area contributed by atoms with Gasteiger partial charge in [0.05, 0.1) is 29.6 Å². The Morgan fingerprint density at radius 1 is 1.00 bits per heavy atom. The lowest BCUT2D eigenvalue weighted by Gasteiger charge is -2.37. The number of piperazine rings is 1. The molecule has 0 saturated carbocycles. The Morgan fingerprint density at radius 2 is 1.70 bits per heavy atom. The van der Waals surface area contributed by atoms with Crippen LogP contribution in [0, 0.1) is 0 Å². The van der Waals surface area contributed by atoms with Gasteiger partial charge >= 0.3 is 0 Å². The van der Waals surface area contributed by atoms with E-state index in [-0.39, 0.29) is 22.4 Å². The molecule has 0 radical (unpaired) electrons. The number of hydrogen-bond donors (Lipinski definition) is 0. The SMILES string of the molecule is O=S1(=O)CC[C@@H](N2CCN(S(=O)(=O)c3ccc4c(c3)OCCCO4)CC2)C1. The normalized spacial score (nSPS) is 26.6. The summed E-state index contributed by atoms with van der Waals surface area (Å²) in [7, 11) is -6.57.